The number of para-hydroxylation sites is 2. The van der Waals surface area contributed by atoms with E-state index in [1.54, 1.807) is 4.90 Å². The minimum atomic E-state index is -0.0558. The van der Waals surface area contributed by atoms with Gasteiger partial charge in [-0.25, -0.2) is 4.99 Å². The second-order valence-corrected chi connectivity index (χ2v) is 6.74. The van der Waals surface area contributed by atoms with Gasteiger partial charge in [-0.05, 0) is 47.7 Å². The van der Waals surface area contributed by atoms with Crippen LogP contribution < -0.4 is 4.90 Å². The van der Waals surface area contributed by atoms with Gasteiger partial charge in [-0.15, -0.1) is 0 Å². The van der Waals surface area contributed by atoms with Crippen molar-refractivity contribution in [3.8, 4) is 0 Å². The van der Waals surface area contributed by atoms with Crippen LogP contribution in [0.2, 0.25) is 0 Å². The number of carbonyl (C=O) groups excluding carboxylic acids is 1. The van der Waals surface area contributed by atoms with Crippen molar-refractivity contribution in [1.82, 2.24) is 0 Å². The van der Waals surface area contributed by atoms with Gasteiger partial charge in [0.1, 0.15) is 0 Å². The van der Waals surface area contributed by atoms with Crippen molar-refractivity contribution in [3.63, 3.8) is 0 Å². The number of benzene rings is 3. The van der Waals surface area contributed by atoms with Crippen LogP contribution in [0.15, 0.2) is 101 Å². The van der Waals surface area contributed by atoms with Gasteiger partial charge < -0.3 is 0 Å². The molecule has 1 amide bonds. The molecular weight excluding hydrogens is 340 g/mol. The molecule has 4 heteroatoms. The first-order valence-corrected chi connectivity index (χ1v) is 9.11. The first-order valence-electron chi connectivity index (χ1n) is 8.29. The molecule has 0 atom stereocenters. The van der Waals surface area contributed by atoms with E-state index in [1.807, 2.05) is 97.1 Å². The Hall–Kier alpha value is -3.11. The van der Waals surface area contributed by atoms with Gasteiger partial charge in [-0.3, -0.25) is 9.69 Å². The summed E-state index contributed by atoms with van der Waals surface area (Å²) in [6.45, 7) is 0. The number of amidine groups is 1. The first kappa shape index (κ1) is 16.4. The lowest BCUT2D eigenvalue weighted by Crippen LogP contribution is -2.28. The van der Waals surface area contributed by atoms with E-state index in [4.69, 9.17) is 4.99 Å². The van der Waals surface area contributed by atoms with Crippen molar-refractivity contribution >= 4 is 40.3 Å². The molecule has 1 heterocycles. The molecule has 0 saturated carbocycles. The Labute approximate surface area is 156 Å². The molecule has 3 nitrogen and oxygen atoms in total. The van der Waals surface area contributed by atoms with E-state index in [0.717, 1.165) is 16.9 Å². The van der Waals surface area contributed by atoms with E-state index in [2.05, 4.69) is 0 Å². The lowest BCUT2D eigenvalue weighted by atomic mass is 10.2. The fourth-order valence-corrected chi connectivity index (χ4v) is 3.67. The van der Waals surface area contributed by atoms with E-state index in [9.17, 15) is 4.79 Å². The number of hydrogen-bond donors (Lipinski definition) is 0. The molecule has 0 aliphatic carbocycles. The molecule has 0 bridgehead atoms. The molecule has 0 unspecified atom stereocenters. The van der Waals surface area contributed by atoms with Crippen molar-refractivity contribution in [2.24, 2.45) is 4.99 Å². The number of thioether (sulfide) groups is 1. The van der Waals surface area contributed by atoms with Crippen molar-refractivity contribution in [1.29, 1.82) is 0 Å². The van der Waals surface area contributed by atoms with Crippen LogP contribution in [-0.4, -0.2) is 11.1 Å². The van der Waals surface area contributed by atoms with E-state index in [-0.39, 0.29) is 5.91 Å². The van der Waals surface area contributed by atoms with Crippen molar-refractivity contribution in [3.05, 3.63) is 101 Å². The van der Waals surface area contributed by atoms with Gasteiger partial charge >= 0.3 is 0 Å². The summed E-state index contributed by atoms with van der Waals surface area (Å²) in [6, 6.07) is 29.2. The summed E-state index contributed by atoms with van der Waals surface area (Å²) in [5.41, 5.74) is 2.64. The lowest BCUT2D eigenvalue weighted by molar-refractivity contribution is -0.113. The molecule has 1 aliphatic rings. The number of hydrogen-bond acceptors (Lipinski definition) is 3. The fraction of sp³-hybridized carbons (Fsp3) is 0. The highest BCUT2D eigenvalue weighted by Crippen LogP contribution is 2.37. The molecule has 3 aromatic carbocycles. The minimum Gasteiger partial charge on any atom is -0.268 e. The monoisotopic (exact) mass is 356 g/mol. The quantitative estimate of drug-likeness (QED) is 0.581. The topological polar surface area (TPSA) is 32.7 Å². The van der Waals surface area contributed by atoms with Crippen LogP contribution in [0, 0.1) is 0 Å². The van der Waals surface area contributed by atoms with Gasteiger partial charge in [0.2, 0.25) is 0 Å². The number of anilines is 1. The Morgan fingerprint density at radius 3 is 2.00 bits per heavy atom. The lowest BCUT2D eigenvalue weighted by Gasteiger charge is -2.15. The third-order valence-corrected chi connectivity index (χ3v) is 4.87. The molecule has 0 radical (unpaired) electrons. The molecule has 0 aromatic heterocycles. The average molecular weight is 356 g/mol. The zero-order valence-corrected chi connectivity index (χ0v) is 14.8. The van der Waals surface area contributed by atoms with Crippen LogP contribution in [0.5, 0.6) is 0 Å². The summed E-state index contributed by atoms with van der Waals surface area (Å²) in [6.07, 6.45) is 1.91. The third-order valence-electron chi connectivity index (χ3n) is 3.90. The summed E-state index contributed by atoms with van der Waals surface area (Å²) in [5.74, 6) is -0.0558. The summed E-state index contributed by atoms with van der Waals surface area (Å²) >= 11 is 1.40. The summed E-state index contributed by atoms with van der Waals surface area (Å²) in [7, 11) is 0. The van der Waals surface area contributed by atoms with Gasteiger partial charge in [0, 0.05) is 0 Å². The zero-order valence-electron chi connectivity index (χ0n) is 13.9. The van der Waals surface area contributed by atoms with E-state index in [0.29, 0.717) is 10.1 Å². The smallest absolute Gasteiger partial charge is 0.268 e. The van der Waals surface area contributed by atoms with Gasteiger partial charge in [0.25, 0.3) is 5.91 Å². The van der Waals surface area contributed by atoms with Gasteiger partial charge in [0.05, 0.1) is 16.3 Å². The van der Waals surface area contributed by atoms with Crippen LogP contribution >= 0.6 is 11.8 Å². The fourth-order valence-electron chi connectivity index (χ4n) is 2.67. The largest absolute Gasteiger partial charge is 0.271 e. The predicted octanol–water partition coefficient (Wildman–Crippen LogP) is 5.50. The Kier molecular flexibility index (Phi) is 4.67. The molecular formula is C22H16N2OS. The summed E-state index contributed by atoms with van der Waals surface area (Å²) in [5, 5.41) is 0.662. The standard InChI is InChI=1S/C22H16N2OS/c25-21-20(16-17-10-4-1-5-11-17)26-22(23-18-12-6-2-7-13-18)24(21)19-14-8-3-9-15-19/h1-16H/b20-16-,23-22?. The molecule has 1 fully saturated rings. The number of carbonyl (C=O) groups is 1. The summed E-state index contributed by atoms with van der Waals surface area (Å²) in [4.78, 5) is 20.1. The molecule has 126 valence electrons. The predicted molar refractivity (Wildman–Crippen MR) is 109 cm³/mol. The molecule has 4 rings (SSSR count). The zero-order chi connectivity index (χ0) is 17.8. The summed E-state index contributed by atoms with van der Waals surface area (Å²) < 4.78 is 0. The minimum absolute atomic E-state index is 0.0558. The Morgan fingerprint density at radius 1 is 0.769 bits per heavy atom. The second-order valence-electron chi connectivity index (χ2n) is 5.73. The van der Waals surface area contributed by atoms with Crippen LogP contribution in [0.4, 0.5) is 11.4 Å². The molecule has 0 N–H and O–H groups in total. The SMILES string of the molecule is O=C1/C(=C/c2ccccc2)SC(=Nc2ccccc2)N1c1ccccc1. The second kappa shape index (κ2) is 7.42. The van der Waals surface area contributed by atoms with E-state index in [1.165, 1.54) is 11.8 Å². The van der Waals surface area contributed by atoms with E-state index >= 15 is 0 Å². The van der Waals surface area contributed by atoms with Crippen molar-refractivity contribution < 1.29 is 4.79 Å². The number of rotatable bonds is 3. The normalized spacial score (nSPS) is 17.2. The van der Waals surface area contributed by atoms with Crippen LogP contribution in [0.3, 0.4) is 0 Å². The van der Waals surface area contributed by atoms with Crippen LogP contribution in [-0.2, 0) is 4.79 Å². The van der Waals surface area contributed by atoms with Crippen LogP contribution in [0.1, 0.15) is 5.56 Å². The number of nitrogens with zero attached hydrogens (tertiary/aromatic N) is 2. The van der Waals surface area contributed by atoms with Gasteiger partial charge in [-0.1, -0.05) is 66.7 Å². The molecule has 1 saturated heterocycles. The maximum atomic E-state index is 13.1. The highest BCUT2D eigenvalue weighted by atomic mass is 32.2. The van der Waals surface area contributed by atoms with E-state index < -0.39 is 0 Å². The first-order chi connectivity index (χ1) is 12.8. The third kappa shape index (κ3) is 3.46. The number of amides is 1. The Bertz CT molecular complexity index is 967. The van der Waals surface area contributed by atoms with Gasteiger partial charge in [-0.2, -0.15) is 0 Å². The van der Waals surface area contributed by atoms with Crippen molar-refractivity contribution in [2.45, 2.75) is 0 Å². The molecule has 3 aromatic rings. The van der Waals surface area contributed by atoms with Crippen LogP contribution in [0.25, 0.3) is 6.08 Å². The maximum Gasteiger partial charge on any atom is 0.271 e. The Morgan fingerprint density at radius 2 is 1.35 bits per heavy atom. The molecule has 1 aliphatic heterocycles. The van der Waals surface area contributed by atoms with Gasteiger partial charge in [0.15, 0.2) is 5.17 Å². The average Bonchev–Trinajstić information content (AvgIpc) is 2.99. The molecule has 0 spiro atoms. The highest BCUT2D eigenvalue weighted by Gasteiger charge is 2.34. The number of aliphatic imine (C=N–C) groups is 1. The maximum absolute atomic E-state index is 13.1. The van der Waals surface area contributed by atoms with Crippen molar-refractivity contribution in [2.75, 3.05) is 4.90 Å². The Balaban J connectivity index is 1.77. The highest BCUT2D eigenvalue weighted by molar-refractivity contribution is 8.19. The molecule has 26 heavy (non-hydrogen) atoms.